The molecule has 0 radical (unpaired) electrons. The van der Waals surface area contributed by atoms with Crippen LogP contribution in [0.1, 0.15) is 5.69 Å². The summed E-state index contributed by atoms with van der Waals surface area (Å²) >= 11 is 0. The van der Waals surface area contributed by atoms with E-state index in [0.717, 1.165) is 10.6 Å². The van der Waals surface area contributed by atoms with Gasteiger partial charge in [-0.1, -0.05) is 0 Å². The van der Waals surface area contributed by atoms with Crippen LogP contribution in [0.25, 0.3) is 5.52 Å². The molecule has 1 fully saturated rings. The number of hydrogen-bond donors (Lipinski definition) is 1. The average Bonchev–Trinajstić information content (AvgIpc) is 2.67. The van der Waals surface area contributed by atoms with E-state index in [4.69, 9.17) is 4.74 Å². The molecule has 8 heteroatoms. The van der Waals surface area contributed by atoms with Crippen molar-refractivity contribution in [2.24, 2.45) is 0 Å². The highest BCUT2D eigenvalue weighted by atomic mass is 19.4. The summed E-state index contributed by atoms with van der Waals surface area (Å²) in [7, 11) is 0. The molecular weight excluding hydrogens is 249 g/mol. The van der Waals surface area contributed by atoms with E-state index >= 15 is 0 Å². The van der Waals surface area contributed by atoms with Gasteiger partial charge in [0, 0.05) is 31.5 Å². The maximum atomic E-state index is 12.6. The predicted molar refractivity (Wildman–Crippen MR) is 55.3 cm³/mol. The molecule has 2 aromatic heterocycles. The summed E-state index contributed by atoms with van der Waals surface area (Å²) in [6, 6.07) is 0.939. The van der Waals surface area contributed by atoms with Crippen LogP contribution in [-0.2, 0) is 6.18 Å². The SMILES string of the molecule is FC(F)(F)c1cc2c(OC3CNC3)nccn2n1. The lowest BCUT2D eigenvalue weighted by Gasteiger charge is -2.27. The zero-order chi connectivity index (χ0) is 12.8. The van der Waals surface area contributed by atoms with Crippen LogP contribution in [0, 0.1) is 0 Å². The minimum Gasteiger partial charge on any atom is -0.470 e. The van der Waals surface area contributed by atoms with Crippen molar-refractivity contribution in [2.75, 3.05) is 13.1 Å². The molecule has 1 aliphatic heterocycles. The van der Waals surface area contributed by atoms with Gasteiger partial charge in [-0.3, -0.25) is 0 Å². The zero-order valence-electron chi connectivity index (χ0n) is 9.11. The summed E-state index contributed by atoms with van der Waals surface area (Å²) in [5.41, 5.74) is -0.733. The molecule has 0 amide bonds. The molecule has 3 rings (SSSR count). The van der Waals surface area contributed by atoms with E-state index in [-0.39, 0.29) is 17.5 Å². The molecule has 0 aromatic carbocycles. The van der Waals surface area contributed by atoms with Crippen molar-refractivity contribution < 1.29 is 17.9 Å². The lowest BCUT2D eigenvalue weighted by Crippen LogP contribution is -2.50. The quantitative estimate of drug-likeness (QED) is 0.876. The Hall–Kier alpha value is -1.83. The Morgan fingerprint density at radius 2 is 2.17 bits per heavy atom. The maximum absolute atomic E-state index is 12.6. The molecule has 18 heavy (non-hydrogen) atoms. The molecule has 1 aliphatic rings. The summed E-state index contributed by atoms with van der Waals surface area (Å²) in [4.78, 5) is 3.95. The fraction of sp³-hybridized carbons (Fsp3) is 0.400. The molecule has 0 saturated carbocycles. The van der Waals surface area contributed by atoms with Gasteiger partial charge in [0.15, 0.2) is 5.69 Å². The van der Waals surface area contributed by atoms with Gasteiger partial charge >= 0.3 is 6.18 Å². The van der Waals surface area contributed by atoms with Crippen LogP contribution >= 0.6 is 0 Å². The van der Waals surface area contributed by atoms with E-state index in [1.165, 1.54) is 12.4 Å². The predicted octanol–water partition coefficient (Wildman–Crippen LogP) is 1.10. The molecule has 0 spiro atoms. The van der Waals surface area contributed by atoms with Crippen LogP contribution in [0.2, 0.25) is 0 Å². The third-order valence-electron chi connectivity index (χ3n) is 2.67. The second-order valence-electron chi connectivity index (χ2n) is 3.99. The van der Waals surface area contributed by atoms with Crippen LogP contribution in [0.5, 0.6) is 5.88 Å². The van der Waals surface area contributed by atoms with E-state index in [1.807, 2.05) is 0 Å². The molecule has 0 unspecified atom stereocenters. The second-order valence-corrected chi connectivity index (χ2v) is 3.99. The Labute approximate surface area is 99.6 Å². The van der Waals surface area contributed by atoms with Gasteiger partial charge < -0.3 is 10.1 Å². The normalized spacial score (nSPS) is 16.8. The zero-order valence-corrected chi connectivity index (χ0v) is 9.11. The number of fused-ring (bicyclic) bond motifs is 1. The fourth-order valence-corrected chi connectivity index (χ4v) is 1.63. The topological polar surface area (TPSA) is 51.5 Å². The Morgan fingerprint density at radius 3 is 2.78 bits per heavy atom. The molecule has 2 aromatic rings. The molecular formula is C10H9F3N4O. The fourth-order valence-electron chi connectivity index (χ4n) is 1.63. The van der Waals surface area contributed by atoms with Gasteiger partial charge in [0.05, 0.1) is 0 Å². The standard InChI is InChI=1S/C10H9F3N4O/c11-10(12,13)8-3-7-9(18-6-4-14-5-6)15-1-2-17(7)16-8/h1-3,6,14H,4-5H2. The van der Waals surface area contributed by atoms with Gasteiger partial charge in [-0.05, 0) is 0 Å². The lowest BCUT2D eigenvalue weighted by molar-refractivity contribution is -0.141. The molecule has 0 bridgehead atoms. The highest BCUT2D eigenvalue weighted by Gasteiger charge is 2.34. The number of rotatable bonds is 2. The Morgan fingerprint density at radius 1 is 1.39 bits per heavy atom. The largest absolute Gasteiger partial charge is 0.470 e. The first kappa shape index (κ1) is 11.3. The number of nitrogens with zero attached hydrogens (tertiary/aromatic N) is 3. The summed E-state index contributed by atoms with van der Waals surface area (Å²) < 4.78 is 44.3. The van der Waals surface area contributed by atoms with E-state index in [1.54, 1.807) is 0 Å². The number of nitrogens with one attached hydrogen (secondary N) is 1. The van der Waals surface area contributed by atoms with Crippen molar-refractivity contribution in [3.8, 4) is 5.88 Å². The van der Waals surface area contributed by atoms with Gasteiger partial charge in [0.1, 0.15) is 11.6 Å². The van der Waals surface area contributed by atoms with Gasteiger partial charge in [-0.15, -0.1) is 0 Å². The van der Waals surface area contributed by atoms with Crippen molar-refractivity contribution in [1.29, 1.82) is 0 Å². The van der Waals surface area contributed by atoms with Gasteiger partial charge in [-0.2, -0.15) is 18.3 Å². The summed E-state index contributed by atoms with van der Waals surface area (Å²) in [5, 5.41) is 6.46. The maximum Gasteiger partial charge on any atom is 0.435 e. The van der Waals surface area contributed by atoms with Crippen LogP contribution in [0.4, 0.5) is 13.2 Å². The molecule has 1 saturated heterocycles. The summed E-state index contributed by atoms with van der Waals surface area (Å²) in [6.45, 7) is 1.34. The minimum atomic E-state index is -4.47. The van der Waals surface area contributed by atoms with Crippen LogP contribution < -0.4 is 10.1 Å². The first-order valence-electron chi connectivity index (χ1n) is 5.33. The first-order valence-corrected chi connectivity index (χ1v) is 5.33. The van der Waals surface area contributed by atoms with E-state index < -0.39 is 11.9 Å². The highest BCUT2D eigenvalue weighted by Crippen LogP contribution is 2.30. The first-order chi connectivity index (χ1) is 8.54. The molecule has 5 nitrogen and oxygen atoms in total. The summed E-state index contributed by atoms with van der Waals surface area (Å²) in [6.07, 6.45) is -1.80. The van der Waals surface area contributed by atoms with Gasteiger partial charge in [0.2, 0.25) is 5.88 Å². The highest BCUT2D eigenvalue weighted by molar-refractivity contribution is 5.57. The summed E-state index contributed by atoms with van der Waals surface area (Å²) in [5.74, 6) is 0.173. The third kappa shape index (κ3) is 1.88. The van der Waals surface area contributed by atoms with Gasteiger partial charge in [-0.25, -0.2) is 9.50 Å². The second kappa shape index (κ2) is 3.84. The van der Waals surface area contributed by atoms with E-state index in [2.05, 4.69) is 15.4 Å². The van der Waals surface area contributed by atoms with E-state index in [0.29, 0.717) is 13.1 Å². The van der Waals surface area contributed by atoms with Crippen LogP contribution in [0.3, 0.4) is 0 Å². The molecule has 96 valence electrons. The number of alkyl halides is 3. The van der Waals surface area contributed by atoms with Crippen molar-refractivity contribution in [3.63, 3.8) is 0 Å². The van der Waals surface area contributed by atoms with Crippen molar-refractivity contribution >= 4 is 5.52 Å². The molecule has 0 aliphatic carbocycles. The minimum absolute atomic E-state index is 0.0482. The Kier molecular flexibility index (Phi) is 2.40. The monoisotopic (exact) mass is 258 g/mol. The lowest BCUT2D eigenvalue weighted by atomic mass is 10.2. The Bertz CT molecular complexity index is 576. The number of aromatic nitrogens is 3. The van der Waals surface area contributed by atoms with Crippen LogP contribution in [0.15, 0.2) is 18.5 Å². The molecule has 1 N–H and O–H groups in total. The third-order valence-corrected chi connectivity index (χ3v) is 2.67. The molecule has 3 heterocycles. The average molecular weight is 258 g/mol. The van der Waals surface area contributed by atoms with Crippen LogP contribution in [-0.4, -0.2) is 33.8 Å². The number of halogens is 3. The van der Waals surface area contributed by atoms with Crippen molar-refractivity contribution in [1.82, 2.24) is 19.9 Å². The molecule has 0 atom stereocenters. The van der Waals surface area contributed by atoms with Gasteiger partial charge in [0.25, 0.3) is 0 Å². The number of ether oxygens (including phenoxy) is 1. The van der Waals surface area contributed by atoms with E-state index in [9.17, 15) is 13.2 Å². The van der Waals surface area contributed by atoms with Crippen molar-refractivity contribution in [3.05, 3.63) is 24.2 Å². The van der Waals surface area contributed by atoms with Crippen molar-refractivity contribution in [2.45, 2.75) is 12.3 Å². The Balaban J connectivity index is 2.01. The smallest absolute Gasteiger partial charge is 0.435 e. The number of hydrogen-bond acceptors (Lipinski definition) is 4.